The molecule has 0 amide bonds. The van der Waals surface area contributed by atoms with Gasteiger partial charge in [0.05, 0.1) is 6.20 Å². The summed E-state index contributed by atoms with van der Waals surface area (Å²) in [6, 6.07) is 2.09. The third-order valence-electron chi connectivity index (χ3n) is 3.75. The van der Waals surface area contributed by atoms with Gasteiger partial charge in [0.2, 0.25) is 0 Å². The Labute approximate surface area is 114 Å². The highest BCUT2D eigenvalue weighted by molar-refractivity contribution is 5.47. The zero-order chi connectivity index (χ0) is 13.8. The Hall–Kier alpha value is -1.20. The molecule has 106 valence electrons. The molecule has 5 heteroatoms. The van der Waals surface area contributed by atoms with Crippen molar-refractivity contribution in [3.8, 4) is 0 Å². The van der Waals surface area contributed by atoms with E-state index in [9.17, 15) is 4.39 Å². The number of pyridine rings is 1. The van der Waals surface area contributed by atoms with Crippen LogP contribution in [0.2, 0.25) is 0 Å². The first-order valence-corrected chi connectivity index (χ1v) is 6.93. The van der Waals surface area contributed by atoms with Crippen LogP contribution in [-0.4, -0.2) is 49.2 Å². The van der Waals surface area contributed by atoms with Gasteiger partial charge in [-0.05, 0) is 26.6 Å². The summed E-state index contributed by atoms with van der Waals surface area (Å²) in [5, 5.41) is 3.08. The van der Waals surface area contributed by atoms with E-state index in [1.54, 1.807) is 6.07 Å². The molecule has 1 aliphatic rings. The second kappa shape index (κ2) is 6.30. The molecule has 1 N–H and O–H groups in total. The molecule has 0 saturated carbocycles. The summed E-state index contributed by atoms with van der Waals surface area (Å²) >= 11 is 0. The van der Waals surface area contributed by atoms with Gasteiger partial charge in [-0.3, -0.25) is 4.90 Å². The van der Waals surface area contributed by atoms with E-state index in [1.807, 2.05) is 7.05 Å². The standard InChI is InChI=1S/C14H23FN4/c1-4-18-5-6-19(10-11(18)2)14-12(8-16-3)7-13(15)9-17-14/h7,9,11,16H,4-6,8,10H2,1-3H3. The molecule has 1 aliphatic heterocycles. The summed E-state index contributed by atoms with van der Waals surface area (Å²) < 4.78 is 13.3. The van der Waals surface area contributed by atoms with E-state index in [1.165, 1.54) is 6.20 Å². The van der Waals surface area contributed by atoms with Crippen molar-refractivity contribution in [1.82, 2.24) is 15.2 Å². The first-order chi connectivity index (χ1) is 9.15. The van der Waals surface area contributed by atoms with Gasteiger partial charge < -0.3 is 10.2 Å². The predicted octanol–water partition coefficient (Wildman–Crippen LogP) is 1.47. The maximum Gasteiger partial charge on any atom is 0.141 e. The molecule has 1 unspecified atom stereocenters. The Morgan fingerprint density at radius 2 is 2.26 bits per heavy atom. The number of hydrogen-bond acceptors (Lipinski definition) is 4. The van der Waals surface area contributed by atoms with Crippen molar-refractivity contribution in [3.05, 3.63) is 23.6 Å². The molecule has 2 rings (SSSR count). The lowest BCUT2D eigenvalue weighted by atomic mass is 10.1. The lowest BCUT2D eigenvalue weighted by molar-refractivity contribution is 0.199. The summed E-state index contributed by atoms with van der Waals surface area (Å²) in [7, 11) is 1.87. The third-order valence-corrected chi connectivity index (χ3v) is 3.75. The summed E-state index contributed by atoms with van der Waals surface area (Å²) in [6.45, 7) is 9.08. The highest BCUT2D eigenvalue weighted by atomic mass is 19.1. The quantitative estimate of drug-likeness (QED) is 0.894. The van der Waals surface area contributed by atoms with E-state index in [4.69, 9.17) is 0 Å². The van der Waals surface area contributed by atoms with Crippen LogP contribution in [-0.2, 0) is 6.54 Å². The number of rotatable bonds is 4. The molecule has 1 aromatic rings. The highest BCUT2D eigenvalue weighted by Crippen LogP contribution is 2.21. The highest BCUT2D eigenvalue weighted by Gasteiger charge is 2.24. The van der Waals surface area contributed by atoms with Gasteiger partial charge in [-0.2, -0.15) is 0 Å². The van der Waals surface area contributed by atoms with Gasteiger partial charge >= 0.3 is 0 Å². The van der Waals surface area contributed by atoms with Crippen molar-refractivity contribution in [2.45, 2.75) is 26.4 Å². The van der Waals surface area contributed by atoms with Crippen LogP contribution < -0.4 is 10.2 Å². The van der Waals surface area contributed by atoms with Crippen LogP contribution in [0.3, 0.4) is 0 Å². The Morgan fingerprint density at radius 3 is 2.89 bits per heavy atom. The van der Waals surface area contributed by atoms with Gasteiger partial charge in [0, 0.05) is 37.8 Å². The van der Waals surface area contributed by atoms with Crippen molar-refractivity contribution >= 4 is 5.82 Å². The summed E-state index contributed by atoms with van der Waals surface area (Å²) in [5.41, 5.74) is 0.930. The van der Waals surface area contributed by atoms with Gasteiger partial charge in [0.15, 0.2) is 0 Å². The molecule has 4 nitrogen and oxygen atoms in total. The SMILES string of the molecule is CCN1CCN(c2ncc(F)cc2CNC)CC1C. The Morgan fingerprint density at radius 1 is 1.47 bits per heavy atom. The second-order valence-corrected chi connectivity index (χ2v) is 5.09. The van der Waals surface area contributed by atoms with Crippen molar-refractivity contribution < 1.29 is 4.39 Å². The van der Waals surface area contributed by atoms with Crippen LogP contribution in [0.25, 0.3) is 0 Å². The van der Waals surface area contributed by atoms with E-state index in [2.05, 4.69) is 33.9 Å². The van der Waals surface area contributed by atoms with Crippen molar-refractivity contribution in [3.63, 3.8) is 0 Å². The van der Waals surface area contributed by atoms with Crippen molar-refractivity contribution in [2.24, 2.45) is 0 Å². The molecular formula is C14H23FN4. The monoisotopic (exact) mass is 266 g/mol. The zero-order valence-electron chi connectivity index (χ0n) is 12.0. The van der Waals surface area contributed by atoms with Crippen LogP contribution in [0.4, 0.5) is 10.2 Å². The Balaban J connectivity index is 2.18. The normalized spacial score (nSPS) is 20.8. The lowest BCUT2D eigenvalue weighted by Gasteiger charge is -2.40. The van der Waals surface area contributed by atoms with Crippen LogP contribution >= 0.6 is 0 Å². The number of likely N-dealkylation sites (N-methyl/N-ethyl adjacent to an activating group) is 1. The van der Waals surface area contributed by atoms with Crippen molar-refractivity contribution in [1.29, 1.82) is 0 Å². The molecule has 2 heterocycles. The van der Waals surface area contributed by atoms with Crippen LogP contribution in [0.15, 0.2) is 12.3 Å². The predicted molar refractivity (Wildman–Crippen MR) is 75.9 cm³/mol. The average molecular weight is 266 g/mol. The first kappa shape index (κ1) is 14.2. The van der Waals surface area contributed by atoms with Gasteiger partial charge in [-0.25, -0.2) is 9.37 Å². The van der Waals surface area contributed by atoms with Crippen LogP contribution in [0.1, 0.15) is 19.4 Å². The molecule has 0 spiro atoms. The fourth-order valence-electron chi connectivity index (χ4n) is 2.74. The van der Waals surface area contributed by atoms with E-state index >= 15 is 0 Å². The molecule has 0 radical (unpaired) electrons. The van der Waals surface area contributed by atoms with Crippen LogP contribution in [0.5, 0.6) is 0 Å². The maximum atomic E-state index is 13.3. The summed E-state index contributed by atoms with van der Waals surface area (Å²) in [4.78, 5) is 9.02. The minimum Gasteiger partial charge on any atom is -0.354 e. The third kappa shape index (κ3) is 3.22. The molecule has 1 saturated heterocycles. The van der Waals surface area contributed by atoms with Crippen LogP contribution in [0, 0.1) is 5.82 Å². The van der Waals surface area contributed by atoms with Gasteiger partial charge in [0.25, 0.3) is 0 Å². The Kier molecular flexibility index (Phi) is 4.71. The number of halogens is 1. The van der Waals surface area contributed by atoms with E-state index in [-0.39, 0.29) is 5.82 Å². The Bertz CT molecular complexity index is 424. The molecule has 1 aromatic heterocycles. The van der Waals surface area contributed by atoms with Gasteiger partial charge in [0.1, 0.15) is 11.6 Å². The number of nitrogens with zero attached hydrogens (tertiary/aromatic N) is 3. The number of hydrogen-bond donors (Lipinski definition) is 1. The molecule has 1 fully saturated rings. The minimum absolute atomic E-state index is 0.269. The first-order valence-electron chi connectivity index (χ1n) is 6.93. The topological polar surface area (TPSA) is 31.4 Å². The second-order valence-electron chi connectivity index (χ2n) is 5.09. The number of aromatic nitrogens is 1. The summed E-state index contributed by atoms with van der Waals surface area (Å²) in [5.74, 6) is 0.646. The maximum absolute atomic E-state index is 13.3. The average Bonchev–Trinajstić information content (AvgIpc) is 2.39. The molecule has 0 aromatic carbocycles. The molecule has 0 aliphatic carbocycles. The van der Waals surface area contributed by atoms with E-state index in [0.717, 1.165) is 37.6 Å². The minimum atomic E-state index is -0.269. The molecule has 19 heavy (non-hydrogen) atoms. The lowest BCUT2D eigenvalue weighted by Crippen LogP contribution is -2.52. The fraction of sp³-hybridized carbons (Fsp3) is 0.643. The number of nitrogens with one attached hydrogen (secondary N) is 1. The van der Waals surface area contributed by atoms with Crippen molar-refractivity contribution in [2.75, 3.05) is 38.1 Å². The molecular weight excluding hydrogens is 243 g/mol. The summed E-state index contributed by atoms with van der Waals surface area (Å²) in [6.07, 6.45) is 1.31. The number of piperazine rings is 1. The smallest absolute Gasteiger partial charge is 0.141 e. The van der Waals surface area contributed by atoms with Gasteiger partial charge in [-0.15, -0.1) is 0 Å². The molecule has 0 bridgehead atoms. The van der Waals surface area contributed by atoms with E-state index < -0.39 is 0 Å². The largest absolute Gasteiger partial charge is 0.354 e. The zero-order valence-corrected chi connectivity index (χ0v) is 12.0. The van der Waals surface area contributed by atoms with Gasteiger partial charge in [-0.1, -0.05) is 6.92 Å². The molecule has 1 atom stereocenters. The number of anilines is 1. The fourth-order valence-corrected chi connectivity index (χ4v) is 2.74. The van der Waals surface area contributed by atoms with E-state index in [0.29, 0.717) is 12.6 Å².